The Hall–Kier alpha value is -2.67. The van der Waals surface area contributed by atoms with Crippen molar-refractivity contribution >= 4 is 15.5 Å². The summed E-state index contributed by atoms with van der Waals surface area (Å²) in [6, 6.07) is 8.76. The van der Waals surface area contributed by atoms with Gasteiger partial charge in [-0.1, -0.05) is 12.1 Å². The molecule has 2 heterocycles. The molecule has 0 aliphatic carbocycles. The molecular formula is C18H20N4O2S. The second-order valence-corrected chi connectivity index (χ2v) is 8.07. The van der Waals surface area contributed by atoms with Gasteiger partial charge in [-0.3, -0.25) is 9.67 Å². The largest absolute Gasteiger partial charge is 0.379 e. The quantitative estimate of drug-likeness (QED) is 0.761. The van der Waals surface area contributed by atoms with Crippen LogP contribution in [0.1, 0.15) is 11.1 Å². The molecule has 0 saturated heterocycles. The van der Waals surface area contributed by atoms with Crippen molar-refractivity contribution in [2.24, 2.45) is 7.05 Å². The van der Waals surface area contributed by atoms with Gasteiger partial charge < -0.3 is 5.32 Å². The summed E-state index contributed by atoms with van der Waals surface area (Å²) in [6.45, 7) is 2.69. The van der Waals surface area contributed by atoms with Crippen LogP contribution in [0.5, 0.6) is 0 Å². The summed E-state index contributed by atoms with van der Waals surface area (Å²) >= 11 is 0. The number of nitrogens with one attached hydrogen (secondary N) is 1. The lowest BCUT2D eigenvalue weighted by Gasteiger charge is -2.10. The molecule has 25 heavy (non-hydrogen) atoms. The van der Waals surface area contributed by atoms with E-state index in [1.165, 1.54) is 6.26 Å². The van der Waals surface area contributed by atoms with E-state index >= 15 is 0 Å². The second kappa shape index (κ2) is 6.68. The molecule has 3 rings (SSSR count). The van der Waals surface area contributed by atoms with Gasteiger partial charge in [-0.25, -0.2) is 8.42 Å². The fourth-order valence-electron chi connectivity index (χ4n) is 2.53. The lowest BCUT2D eigenvalue weighted by Crippen LogP contribution is -2.01. The molecule has 2 aromatic heterocycles. The van der Waals surface area contributed by atoms with Crippen LogP contribution in [0, 0.1) is 6.92 Å². The van der Waals surface area contributed by atoms with Crippen molar-refractivity contribution in [2.75, 3.05) is 11.6 Å². The Kier molecular flexibility index (Phi) is 4.59. The van der Waals surface area contributed by atoms with Crippen molar-refractivity contribution in [3.05, 3.63) is 60.0 Å². The third-order valence-corrected chi connectivity index (χ3v) is 5.06. The summed E-state index contributed by atoms with van der Waals surface area (Å²) in [5.74, 6) is 0. The Morgan fingerprint density at radius 3 is 2.44 bits per heavy atom. The maximum Gasteiger partial charge on any atom is 0.175 e. The SMILES string of the molecule is Cc1cc(-c2ccc(S(C)(=O)=O)cc2)ncc1NCc1cnn(C)c1. The van der Waals surface area contributed by atoms with Crippen LogP contribution in [0.25, 0.3) is 11.3 Å². The minimum atomic E-state index is -3.19. The highest BCUT2D eigenvalue weighted by molar-refractivity contribution is 7.90. The molecule has 1 N–H and O–H groups in total. The van der Waals surface area contributed by atoms with Crippen molar-refractivity contribution in [2.45, 2.75) is 18.4 Å². The number of nitrogens with zero attached hydrogens (tertiary/aromatic N) is 3. The number of pyridine rings is 1. The minimum Gasteiger partial charge on any atom is -0.379 e. The molecule has 0 aliphatic heterocycles. The van der Waals surface area contributed by atoms with E-state index in [0.29, 0.717) is 11.4 Å². The molecule has 3 aromatic rings. The number of aryl methyl sites for hydroxylation is 2. The van der Waals surface area contributed by atoms with Crippen molar-refractivity contribution < 1.29 is 8.42 Å². The zero-order valence-corrected chi connectivity index (χ0v) is 15.2. The molecule has 6 nitrogen and oxygen atoms in total. The Bertz CT molecular complexity index is 992. The summed E-state index contributed by atoms with van der Waals surface area (Å²) < 4.78 is 24.8. The number of rotatable bonds is 5. The molecule has 0 bridgehead atoms. The first-order valence-electron chi connectivity index (χ1n) is 7.81. The van der Waals surface area contributed by atoms with E-state index in [-0.39, 0.29) is 0 Å². The molecule has 1 aromatic carbocycles. The third kappa shape index (κ3) is 4.06. The van der Waals surface area contributed by atoms with Crippen molar-refractivity contribution in [1.29, 1.82) is 0 Å². The van der Waals surface area contributed by atoms with E-state index in [1.54, 1.807) is 35.1 Å². The summed E-state index contributed by atoms with van der Waals surface area (Å²) in [6.07, 6.45) is 6.79. The fraction of sp³-hybridized carbons (Fsp3) is 0.222. The Labute approximate surface area is 147 Å². The number of hydrogen-bond acceptors (Lipinski definition) is 5. The van der Waals surface area contributed by atoms with Crippen LogP contribution in [-0.2, 0) is 23.4 Å². The normalized spacial score (nSPS) is 11.5. The van der Waals surface area contributed by atoms with E-state index < -0.39 is 9.84 Å². The van der Waals surface area contributed by atoms with Crippen molar-refractivity contribution in [3.8, 4) is 11.3 Å². The van der Waals surface area contributed by atoms with Gasteiger partial charge in [0.15, 0.2) is 9.84 Å². The average molecular weight is 356 g/mol. The van der Waals surface area contributed by atoms with Gasteiger partial charge in [0.2, 0.25) is 0 Å². The van der Waals surface area contributed by atoms with Crippen LogP contribution >= 0.6 is 0 Å². The standard InChI is InChI=1S/C18H20N4O2S/c1-13-8-17(15-4-6-16(7-5-15)25(3,23)24)20-11-18(13)19-9-14-10-21-22(2)12-14/h4-8,10-12,19H,9H2,1-3H3. The maximum absolute atomic E-state index is 11.5. The first kappa shape index (κ1) is 17.2. The van der Waals surface area contributed by atoms with Crippen molar-refractivity contribution in [1.82, 2.24) is 14.8 Å². The van der Waals surface area contributed by atoms with Crippen LogP contribution in [0.2, 0.25) is 0 Å². The van der Waals surface area contributed by atoms with Gasteiger partial charge in [0, 0.05) is 37.2 Å². The fourth-order valence-corrected chi connectivity index (χ4v) is 3.16. The van der Waals surface area contributed by atoms with Gasteiger partial charge in [0.1, 0.15) is 0 Å². The number of benzene rings is 1. The number of hydrogen-bond donors (Lipinski definition) is 1. The molecule has 0 fully saturated rings. The lowest BCUT2D eigenvalue weighted by atomic mass is 10.1. The molecule has 0 atom stereocenters. The van der Waals surface area contributed by atoms with E-state index in [1.807, 2.05) is 32.4 Å². The first-order chi connectivity index (χ1) is 11.8. The topological polar surface area (TPSA) is 76.9 Å². The summed E-state index contributed by atoms with van der Waals surface area (Å²) in [4.78, 5) is 4.79. The Balaban J connectivity index is 1.77. The number of anilines is 1. The molecule has 0 spiro atoms. The van der Waals surface area contributed by atoms with Crippen LogP contribution in [0.4, 0.5) is 5.69 Å². The van der Waals surface area contributed by atoms with Crippen LogP contribution < -0.4 is 5.32 Å². The molecule has 7 heteroatoms. The van der Waals surface area contributed by atoms with Gasteiger partial charge in [0.25, 0.3) is 0 Å². The minimum absolute atomic E-state index is 0.308. The monoisotopic (exact) mass is 356 g/mol. The molecule has 0 unspecified atom stereocenters. The van der Waals surface area contributed by atoms with E-state index in [0.717, 1.165) is 28.1 Å². The van der Waals surface area contributed by atoms with Gasteiger partial charge in [0.05, 0.1) is 28.7 Å². The zero-order chi connectivity index (χ0) is 18.0. The van der Waals surface area contributed by atoms with Crippen molar-refractivity contribution in [3.63, 3.8) is 0 Å². The van der Waals surface area contributed by atoms with Crippen LogP contribution in [0.15, 0.2) is 53.8 Å². The second-order valence-electron chi connectivity index (χ2n) is 6.06. The predicted molar refractivity (Wildman–Crippen MR) is 98.1 cm³/mol. The van der Waals surface area contributed by atoms with Gasteiger partial charge >= 0.3 is 0 Å². The Morgan fingerprint density at radius 1 is 1.16 bits per heavy atom. The van der Waals surface area contributed by atoms with Crippen LogP contribution in [-0.4, -0.2) is 29.4 Å². The van der Waals surface area contributed by atoms with Gasteiger partial charge in [-0.15, -0.1) is 0 Å². The first-order valence-corrected chi connectivity index (χ1v) is 9.70. The predicted octanol–water partition coefficient (Wildman–Crippen LogP) is 2.81. The van der Waals surface area contributed by atoms with E-state index in [4.69, 9.17) is 0 Å². The highest BCUT2D eigenvalue weighted by Crippen LogP contribution is 2.24. The smallest absolute Gasteiger partial charge is 0.175 e. The zero-order valence-electron chi connectivity index (χ0n) is 14.4. The van der Waals surface area contributed by atoms with E-state index in [9.17, 15) is 8.42 Å². The summed E-state index contributed by atoms with van der Waals surface area (Å²) in [5, 5.41) is 7.50. The molecule has 0 amide bonds. The molecular weight excluding hydrogens is 336 g/mol. The summed E-state index contributed by atoms with van der Waals surface area (Å²) in [7, 11) is -1.30. The van der Waals surface area contributed by atoms with Gasteiger partial charge in [-0.2, -0.15) is 5.10 Å². The van der Waals surface area contributed by atoms with Crippen LogP contribution in [0.3, 0.4) is 0 Å². The molecule has 130 valence electrons. The number of aromatic nitrogens is 3. The number of sulfone groups is 1. The molecule has 0 radical (unpaired) electrons. The molecule has 0 aliphatic rings. The maximum atomic E-state index is 11.5. The highest BCUT2D eigenvalue weighted by atomic mass is 32.2. The third-order valence-electron chi connectivity index (χ3n) is 3.93. The highest BCUT2D eigenvalue weighted by Gasteiger charge is 2.08. The Morgan fingerprint density at radius 2 is 1.88 bits per heavy atom. The van der Waals surface area contributed by atoms with Gasteiger partial charge in [-0.05, 0) is 30.7 Å². The summed E-state index contributed by atoms with van der Waals surface area (Å²) in [5.41, 5.74) is 4.82. The molecule has 0 saturated carbocycles. The average Bonchev–Trinajstić information content (AvgIpc) is 2.98. The lowest BCUT2D eigenvalue weighted by molar-refractivity contribution is 0.602. The van der Waals surface area contributed by atoms with E-state index in [2.05, 4.69) is 15.4 Å².